The Balaban J connectivity index is 0.000000794. The highest BCUT2D eigenvalue weighted by Crippen LogP contribution is 2.23. The maximum atomic E-state index is 12.9. The molecule has 2 N–H and O–H groups in total. The van der Waals surface area contributed by atoms with Gasteiger partial charge in [-0.2, -0.15) is 0 Å². The van der Waals surface area contributed by atoms with Crippen molar-refractivity contribution in [3.8, 4) is 0 Å². The Hall–Kier alpha value is -2.61. The van der Waals surface area contributed by atoms with Crippen LogP contribution in [0, 0.1) is 25.7 Å². The molecule has 38 heavy (non-hydrogen) atoms. The number of piperazine rings is 1. The highest BCUT2D eigenvalue weighted by Gasteiger charge is 2.46. The predicted molar refractivity (Wildman–Crippen MR) is 156 cm³/mol. The minimum atomic E-state index is -0.398. The van der Waals surface area contributed by atoms with Crippen molar-refractivity contribution < 1.29 is 14.4 Å². The van der Waals surface area contributed by atoms with E-state index in [-0.39, 0.29) is 30.9 Å². The fraction of sp³-hybridized carbons (Fsp3) is 0.700. The van der Waals surface area contributed by atoms with Crippen molar-refractivity contribution in [2.75, 3.05) is 39.8 Å². The molecular weight excluding hydrogens is 478 g/mol. The van der Waals surface area contributed by atoms with Gasteiger partial charge in [0.1, 0.15) is 19.3 Å². The van der Waals surface area contributed by atoms with Gasteiger partial charge in [-0.25, -0.2) is 4.79 Å². The average Bonchev–Trinajstić information content (AvgIpc) is 3.17. The summed E-state index contributed by atoms with van der Waals surface area (Å²) in [7, 11) is 1.91. The van der Waals surface area contributed by atoms with Crippen LogP contribution in [-0.4, -0.2) is 78.5 Å². The normalized spacial score (nSPS) is 17.4. The Kier molecular flexibility index (Phi) is 15.0. The van der Waals surface area contributed by atoms with E-state index >= 15 is 0 Å². The lowest BCUT2D eigenvalue weighted by Crippen LogP contribution is -2.60. The van der Waals surface area contributed by atoms with Crippen molar-refractivity contribution in [3.05, 3.63) is 34.9 Å². The summed E-state index contributed by atoms with van der Waals surface area (Å²) in [6.07, 6.45) is 3.21. The summed E-state index contributed by atoms with van der Waals surface area (Å²) in [4.78, 5) is 42.8. The molecule has 2 aliphatic heterocycles. The van der Waals surface area contributed by atoms with Crippen molar-refractivity contribution in [1.29, 1.82) is 0 Å². The summed E-state index contributed by atoms with van der Waals surface area (Å²) in [6.45, 7) is 19.4. The number of unbranched alkanes of at least 4 members (excludes halogenated alkanes) is 1. The number of fused-ring (bicyclic) bond motifs is 1. The number of hydrogen-bond donors (Lipinski definition) is 2. The van der Waals surface area contributed by atoms with Crippen LogP contribution in [0.5, 0.6) is 0 Å². The standard InChI is InChI=1S/C22H33N5O3.2C4H10/c1-15(8-9-23-4)11-25-12-19-26(13-20(25)28)21(29)14-27(19)22(30)24-10-18-16(2)6-5-7-17(18)3;1-4(2)3;1-3-4-2/h5-7,15,19,23H,8-14H2,1-4H3,(H,24,30);4H,1-3H3;3-4H2,1-2H3. The molecular formula is C30H53N5O3. The highest BCUT2D eigenvalue weighted by molar-refractivity contribution is 5.92. The summed E-state index contributed by atoms with van der Waals surface area (Å²) >= 11 is 0. The monoisotopic (exact) mass is 531 g/mol. The zero-order valence-corrected chi connectivity index (χ0v) is 25.4. The van der Waals surface area contributed by atoms with E-state index in [1.807, 2.05) is 39.1 Å². The number of rotatable bonds is 8. The van der Waals surface area contributed by atoms with Gasteiger partial charge in [0, 0.05) is 13.1 Å². The number of urea groups is 1. The van der Waals surface area contributed by atoms with E-state index < -0.39 is 6.17 Å². The zero-order chi connectivity index (χ0) is 28.8. The molecule has 2 atom stereocenters. The second kappa shape index (κ2) is 17.1. The van der Waals surface area contributed by atoms with Gasteiger partial charge in [0.15, 0.2) is 0 Å². The SMILES string of the molecule is CC(C)C.CCCC.CNCCC(C)CN1CC2N(CC1=O)C(=O)CN2C(=O)NCc1c(C)cccc1C. The van der Waals surface area contributed by atoms with Crippen molar-refractivity contribution in [3.63, 3.8) is 0 Å². The van der Waals surface area contributed by atoms with Gasteiger partial charge in [-0.1, -0.05) is 72.6 Å². The molecule has 0 bridgehead atoms. The van der Waals surface area contributed by atoms with Gasteiger partial charge in [0.05, 0.1) is 6.54 Å². The van der Waals surface area contributed by atoms with Crippen LogP contribution in [0.4, 0.5) is 4.79 Å². The van der Waals surface area contributed by atoms with Crippen molar-refractivity contribution >= 4 is 17.8 Å². The van der Waals surface area contributed by atoms with E-state index in [4.69, 9.17) is 0 Å². The molecule has 8 heteroatoms. The Morgan fingerprint density at radius 2 is 1.58 bits per heavy atom. The average molecular weight is 532 g/mol. The van der Waals surface area contributed by atoms with Gasteiger partial charge in [0.2, 0.25) is 11.8 Å². The third kappa shape index (κ3) is 10.6. The van der Waals surface area contributed by atoms with Gasteiger partial charge in [-0.3, -0.25) is 14.5 Å². The third-order valence-corrected chi connectivity index (χ3v) is 6.63. The molecule has 0 radical (unpaired) electrons. The molecule has 2 heterocycles. The summed E-state index contributed by atoms with van der Waals surface area (Å²) in [6, 6.07) is 5.78. The zero-order valence-electron chi connectivity index (χ0n) is 25.4. The van der Waals surface area contributed by atoms with Crippen LogP contribution >= 0.6 is 0 Å². The number of benzene rings is 1. The first-order valence-corrected chi connectivity index (χ1v) is 14.3. The maximum Gasteiger partial charge on any atom is 0.319 e. The lowest BCUT2D eigenvalue weighted by molar-refractivity contribution is -0.146. The second-order valence-corrected chi connectivity index (χ2v) is 11.2. The fourth-order valence-electron chi connectivity index (χ4n) is 4.25. The molecule has 0 saturated carbocycles. The van der Waals surface area contributed by atoms with Crippen molar-refractivity contribution in [2.24, 2.45) is 11.8 Å². The minimum Gasteiger partial charge on any atom is -0.337 e. The molecule has 2 unspecified atom stereocenters. The van der Waals surface area contributed by atoms with Gasteiger partial charge in [-0.05, 0) is 62.4 Å². The molecule has 3 rings (SSSR count). The van der Waals surface area contributed by atoms with Crippen LogP contribution in [0.1, 0.15) is 77.5 Å². The number of carbonyl (C=O) groups excluding carboxylic acids is 3. The predicted octanol–water partition coefficient (Wildman–Crippen LogP) is 4.54. The third-order valence-electron chi connectivity index (χ3n) is 6.63. The first-order valence-electron chi connectivity index (χ1n) is 14.3. The minimum absolute atomic E-state index is 0.0136. The van der Waals surface area contributed by atoms with Gasteiger partial charge in [-0.15, -0.1) is 0 Å². The first kappa shape index (κ1) is 33.4. The first-order chi connectivity index (χ1) is 18.0. The van der Waals surface area contributed by atoms with E-state index in [9.17, 15) is 14.4 Å². The lowest BCUT2D eigenvalue weighted by Gasteiger charge is -2.40. The van der Waals surface area contributed by atoms with Crippen LogP contribution in [0.2, 0.25) is 0 Å². The Bertz CT molecular complexity index is 864. The maximum absolute atomic E-state index is 12.9. The topological polar surface area (TPSA) is 85.0 Å². The molecule has 1 aromatic rings. The number of nitrogens with one attached hydrogen (secondary N) is 2. The molecule has 8 nitrogen and oxygen atoms in total. The fourth-order valence-corrected chi connectivity index (χ4v) is 4.25. The number of carbonyl (C=O) groups is 3. The number of amides is 4. The number of nitrogens with zero attached hydrogens (tertiary/aromatic N) is 3. The van der Waals surface area contributed by atoms with Crippen LogP contribution in [0.3, 0.4) is 0 Å². The van der Waals surface area contributed by atoms with Crippen molar-refractivity contribution in [1.82, 2.24) is 25.3 Å². The lowest BCUT2D eigenvalue weighted by atomic mass is 10.0. The van der Waals surface area contributed by atoms with Crippen LogP contribution in [0.15, 0.2) is 18.2 Å². The van der Waals surface area contributed by atoms with Crippen LogP contribution < -0.4 is 10.6 Å². The van der Waals surface area contributed by atoms with Gasteiger partial charge in [0.25, 0.3) is 0 Å². The smallest absolute Gasteiger partial charge is 0.319 e. The summed E-state index contributed by atoms with van der Waals surface area (Å²) in [5, 5.41) is 6.10. The number of hydrogen-bond acceptors (Lipinski definition) is 4. The Morgan fingerprint density at radius 3 is 2.11 bits per heavy atom. The molecule has 0 aromatic heterocycles. The van der Waals surface area contributed by atoms with E-state index in [0.717, 1.165) is 35.6 Å². The molecule has 0 spiro atoms. The Labute approximate surface area is 231 Å². The molecule has 2 fully saturated rings. The number of aryl methyl sites for hydroxylation is 2. The van der Waals surface area contributed by atoms with E-state index in [1.54, 1.807) is 9.80 Å². The van der Waals surface area contributed by atoms with Gasteiger partial charge < -0.3 is 20.4 Å². The summed E-state index contributed by atoms with van der Waals surface area (Å²) in [5.41, 5.74) is 3.34. The largest absolute Gasteiger partial charge is 0.337 e. The van der Waals surface area contributed by atoms with E-state index in [0.29, 0.717) is 25.6 Å². The summed E-state index contributed by atoms with van der Waals surface area (Å²) < 4.78 is 0. The van der Waals surface area contributed by atoms with Crippen LogP contribution in [-0.2, 0) is 16.1 Å². The van der Waals surface area contributed by atoms with Gasteiger partial charge >= 0.3 is 6.03 Å². The van der Waals surface area contributed by atoms with Crippen molar-refractivity contribution in [2.45, 2.75) is 87.4 Å². The molecule has 2 aliphatic rings. The summed E-state index contributed by atoms with van der Waals surface area (Å²) in [5.74, 6) is 0.962. The second-order valence-electron chi connectivity index (χ2n) is 11.2. The van der Waals surface area contributed by atoms with E-state index in [2.05, 4.69) is 52.2 Å². The molecule has 0 aliphatic carbocycles. The quantitative estimate of drug-likeness (QED) is 0.516. The molecule has 1 aromatic carbocycles. The molecule has 216 valence electrons. The van der Waals surface area contributed by atoms with Crippen LogP contribution in [0.25, 0.3) is 0 Å². The molecule has 4 amide bonds. The molecule has 2 saturated heterocycles. The Morgan fingerprint density at radius 1 is 1.00 bits per heavy atom. The van der Waals surface area contributed by atoms with E-state index in [1.165, 1.54) is 17.7 Å². The highest BCUT2D eigenvalue weighted by atomic mass is 16.2.